The zero-order valence-corrected chi connectivity index (χ0v) is 13.9. The van der Waals surface area contributed by atoms with Crippen LogP contribution < -0.4 is 9.47 Å². The Hall–Kier alpha value is -2.99. The molecule has 3 aromatic rings. The van der Waals surface area contributed by atoms with Gasteiger partial charge in [-0.25, -0.2) is 4.79 Å². The van der Waals surface area contributed by atoms with Gasteiger partial charge in [-0.05, 0) is 23.8 Å². The van der Waals surface area contributed by atoms with Crippen molar-refractivity contribution in [2.24, 2.45) is 0 Å². The van der Waals surface area contributed by atoms with E-state index in [1.165, 1.54) is 6.07 Å². The third-order valence-corrected chi connectivity index (χ3v) is 3.64. The minimum atomic E-state index is -1.40. The largest absolute Gasteiger partial charge is 0.512 e. The Morgan fingerprint density at radius 3 is 2.72 bits per heavy atom. The van der Waals surface area contributed by atoms with Gasteiger partial charge in [-0.2, -0.15) is 0 Å². The zero-order chi connectivity index (χ0) is 17.6. The van der Waals surface area contributed by atoms with E-state index in [-0.39, 0.29) is 5.88 Å². The Morgan fingerprint density at radius 1 is 1.16 bits per heavy atom. The molecule has 6 nitrogen and oxygen atoms in total. The summed E-state index contributed by atoms with van der Waals surface area (Å²) in [6.07, 6.45) is 0.222. The maximum absolute atomic E-state index is 10.5. The third kappa shape index (κ3) is 4.74. The molecule has 25 heavy (non-hydrogen) atoms. The summed E-state index contributed by atoms with van der Waals surface area (Å²) in [5.74, 6) is 0.700. The van der Waals surface area contributed by atoms with Crippen molar-refractivity contribution in [3.8, 4) is 11.6 Å². The Balaban J connectivity index is 1.74. The highest BCUT2D eigenvalue weighted by Crippen LogP contribution is 2.25. The minimum absolute atomic E-state index is 0.0151. The van der Waals surface area contributed by atoms with Crippen LogP contribution in [-0.4, -0.2) is 21.0 Å². The first-order valence-electron chi connectivity index (χ1n) is 7.49. The van der Waals surface area contributed by atoms with Crippen LogP contribution in [0.3, 0.4) is 0 Å². The second kappa shape index (κ2) is 7.72. The average molecular weight is 359 g/mol. The molecule has 0 radical (unpaired) electrons. The molecule has 0 saturated carbocycles. The van der Waals surface area contributed by atoms with Crippen LogP contribution in [0.25, 0.3) is 0 Å². The summed E-state index contributed by atoms with van der Waals surface area (Å²) in [6, 6.07) is 16.7. The molecule has 7 heteroatoms. The van der Waals surface area contributed by atoms with E-state index in [2.05, 4.69) is 9.84 Å². The van der Waals surface area contributed by atoms with Crippen LogP contribution in [0.5, 0.6) is 11.6 Å². The molecule has 0 spiro atoms. The summed E-state index contributed by atoms with van der Waals surface area (Å²) in [5.41, 5.74) is 1.88. The lowest BCUT2D eigenvalue weighted by Gasteiger charge is -2.12. The molecule has 0 fully saturated rings. The van der Waals surface area contributed by atoms with Crippen LogP contribution in [0.2, 0.25) is 5.02 Å². The smallest absolute Gasteiger partial charge is 0.489 e. The Kier molecular flexibility index (Phi) is 5.20. The second-order valence-corrected chi connectivity index (χ2v) is 5.68. The van der Waals surface area contributed by atoms with Crippen LogP contribution in [0.15, 0.2) is 60.8 Å². The summed E-state index contributed by atoms with van der Waals surface area (Å²) in [5, 5.41) is 13.2. The van der Waals surface area contributed by atoms with Crippen molar-refractivity contribution in [2.45, 2.75) is 13.2 Å². The maximum atomic E-state index is 10.5. The lowest BCUT2D eigenvalue weighted by atomic mass is 10.2. The van der Waals surface area contributed by atoms with Gasteiger partial charge in [0, 0.05) is 22.8 Å². The van der Waals surface area contributed by atoms with Gasteiger partial charge in [0.15, 0.2) is 0 Å². The highest BCUT2D eigenvalue weighted by molar-refractivity contribution is 6.30. The van der Waals surface area contributed by atoms with Gasteiger partial charge in [-0.3, -0.25) is 4.68 Å². The summed E-state index contributed by atoms with van der Waals surface area (Å²) < 4.78 is 12.0. The van der Waals surface area contributed by atoms with Gasteiger partial charge in [0.2, 0.25) is 5.88 Å². The van der Waals surface area contributed by atoms with Gasteiger partial charge in [-0.15, -0.1) is 5.10 Å². The number of hydrogen-bond donors (Lipinski definition) is 1. The normalized spacial score (nSPS) is 10.4. The molecule has 0 unspecified atom stereocenters. The van der Waals surface area contributed by atoms with E-state index >= 15 is 0 Å². The van der Waals surface area contributed by atoms with Gasteiger partial charge < -0.3 is 14.6 Å². The molecule has 3 rings (SSSR count). The van der Waals surface area contributed by atoms with E-state index in [1.807, 2.05) is 30.3 Å². The lowest BCUT2D eigenvalue weighted by molar-refractivity contribution is 0.142. The van der Waals surface area contributed by atoms with Gasteiger partial charge in [0.05, 0.1) is 6.54 Å². The van der Waals surface area contributed by atoms with Gasteiger partial charge in [0.25, 0.3) is 0 Å². The first kappa shape index (κ1) is 16.9. The number of halogens is 1. The minimum Gasteiger partial charge on any atom is -0.489 e. The molecule has 0 aliphatic heterocycles. The Bertz CT molecular complexity index is 865. The Labute approximate surface area is 149 Å². The predicted molar refractivity (Wildman–Crippen MR) is 92.2 cm³/mol. The third-order valence-electron chi connectivity index (χ3n) is 3.40. The van der Waals surface area contributed by atoms with E-state index in [9.17, 15) is 4.79 Å². The molecular weight excluding hydrogens is 344 g/mol. The number of nitrogens with zero attached hydrogens (tertiary/aromatic N) is 2. The molecule has 0 bridgehead atoms. The van der Waals surface area contributed by atoms with E-state index in [0.29, 0.717) is 23.9 Å². The number of aromatic nitrogens is 2. The second-order valence-electron chi connectivity index (χ2n) is 5.25. The highest BCUT2D eigenvalue weighted by atomic mass is 35.5. The molecule has 0 aliphatic carbocycles. The predicted octanol–water partition coefficient (Wildman–Crippen LogP) is 4.22. The summed E-state index contributed by atoms with van der Waals surface area (Å²) >= 11 is 6.09. The molecule has 128 valence electrons. The van der Waals surface area contributed by atoms with Crippen molar-refractivity contribution >= 4 is 17.8 Å². The number of ether oxygens (including phenoxy) is 2. The van der Waals surface area contributed by atoms with Crippen molar-refractivity contribution in [2.75, 3.05) is 0 Å². The zero-order valence-electron chi connectivity index (χ0n) is 13.1. The summed E-state index contributed by atoms with van der Waals surface area (Å²) in [4.78, 5) is 10.5. The van der Waals surface area contributed by atoms with Crippen molar-refractivity contribution in [1.82, 2.24) is 9.78 Å². The van der Waals surface area contributed by atoms with E-state index in [1.54, 1.807) is 29.1 Å². The molecule has 0 atom stereocenters. The fourth-order valence-corrected chi connectivity index (χ4v) is 2.49. The number of rotatable bonds is 6. The number of hydrogen-bond acceptors (Lipinski definition) is 4. The standard InChI is InChI=1S/C18H15ClN2O4/c19-15-6-7-16(24-12-13-4-2-1-3-5-13)14(10-15)11-21-9-8-17(20-21)25-18(22)23/h1-10H,11-12H2,(H,22,23). The van der Waals surface area contributed by atoms with Crippen molar-refractivity contribution in [3.63, 3.8) is 0 Å². The topological polar surface area (TPSA) is 73.6 Å². The molecule has 0 amide bonds. The molecule has 1 heterocycles. The quantitative estimate of drug-likeness (QED) is 0.668. The van der Waals surface area contributed by atoms with E-state index in [0.717, 1.165) is 11.1 Å². The van der Waals surface area contributed by atoms with Crippen LogP contribution in [0.1, 0.15) is 11.1 Å². The van der Waals surface area contributed by atoms with Crippen molar-refractivity contribution in [1.29, 1.82) is 0 Å². The van der Waals surface area contributed by atoms with E-state index in [4.69, 9.17) is 21.4 Å². The van der Waals surface area contributed by atoms with E-state index < -0.39 is 6.16 Å². The SMILES string of the molecule is O=C(O)Oc1ccn(Cc2cc(Cl)ccc2OCc2ccccc2)n1. The molecule has 1 aromatic heterocycles. The fraction of sp³-hybridized carbons (Fsp3) is 0.111. The molecular formula is C18H15ClN2O4. The van der Waals surface area contributed by atoms with Gasteiger partial charge in [0.1, 0.15) is 12.4 Å². The fourth-order valence-electron chi connectivity index (χ4n) is 2.30. The molecule has 0 aliphatic rings. The van der Waals surface area contributed by atoms with Crippen LogP contribution in [0, 0.1) is 0 Å². The lowest BCUT2D eigenvalue weighted by Crippen LogP contribution is -2.06. The van der Waals surface area contributed by atoms with Crippen molar-refractivity contribution in [3.05, 3.63) is 76.9 Å². The highest BCUT2D eigenvalue weighted by Gasteiger charge is 2.09. The van der Waals surface area contributed by atoms with Crippen LogP contribution in [-0.2, 0) is 13.2 Å². The molecule has 1 N–H and O–H groups in total. The number of benzene rings is 2. The monoisotopic (exact) mass is 358 g/mol. The van der Waals surface area contributed by atoms with Crippen molar-refractivity contribution < 1.29 is 19.4 Å². The summed E-state index contributed by atoms with van der Waals surface area (Å²) in [7, 11) is 0. The number of carboxylic acid groups (broad SMARTS) is 1. The summed E-state index contributed by atoms with van der Waals surface area (Å²) in [6.45, 7) is 0.801. The van der Waals surface area contributed by atoms with Gasteiger partial charge >= 0.3 is 6.16 Å². The number of carbonyl (C=O) groups is 1. The van der Waals surface area contributed by atoms with Crippen LogP contribution in [0.4, 0.5) is 4.79 Å². The first-order valence-corrected chi connectivity index (χ1v) is 7.87. The van der Waals surface area contributed by atoms with Crippen LogP contribution >= 0.6 is 11.6 Å². The Morgan fingerprint density at radius 2 is 1.96 bits per heavy atom. The van der Waals surface area contributed by atoms with Gasteiger partial charge in [-0.1, -0.05) is 41.9 Å². The molecule has 0 saturated heterocycles. The maximum Gasteiger partial charge on any atom is 0.512 e. The first-order chi connectivity index (χ1) is 12.1. The molecule has 2 aromatic carbocycles. The average Bonchev–Trinajstić information content (AvgIpc) is 3.01.